The number of carbonyl (C=O) groups is 1. The lowest BCUT2D eigenvalue weighted by Crippen LogP contribution is -2.38. The third-order valence-electron chi connectivity index (χ3n) is 4.58. The molecule has 142 valence electrons. The van der Waals surface area contributed by atoms with Crippen LogP contribution in [0.15, 0.2) is 48.5 Å². The number of ether oxygens (including phenoxy) is 1. The van der Waals surface area contributed by atoms with E-state index < -0.39 is 6.10 Å². The van der Waals surface area contributed by atoms with Gasteiger partial charge < -0.3 is 15.0 Å². The highest BCUT2D eigenvalue weighted by atomic mass is 16.5. The molecule has 0 radical (unpaired) electrons. The average Bonchev–Trinajstić information content (AvgIpc) is 3.05. The largest absolute Gasteiger partial charge is 0.481 e. The first-order valence-corrected chi connectivity index (χ1v) is 9.26. The molecule has 5 nitrogen and oxygen atoms in total. The van der Waals surface area contributed by atoms with Gasteiger partial charge >= 0.3 is 0 Å². The number of nitrogens with zero attached hydrogens (tertiary/aromatic N) is 1. The summed E-state index contributed by atoms with van der Waals surface area (Å²) in [5, 5.41) is 2.96. The predicted octanol–water partition coefficient (Wildman–Crippen LogP) is 4.51. The van der Waals surface area contributed by atoms with Crippen molar-refractivity contribution in [3.63, 3.8) is 0 Å². The van der Waals surface area contributed by atoms with E-state index >= 15 is 0 Å². The molecule has 27 heavy (non-hydrogen) atoms. The number of imidazole rings is 1. The molecule has 0 aliphatic rings. The van der Waals surface area contributed by atoms with Crippen LogP contribution in [0.1, 0.15) is 52.0 Å². The minimum Gasteiger partial charge on any atom is -0.481 e. The Kier molecular flexibility index (Phi) is 5.22. The predicted molar refractivity (Wildman–Crippen MR) is 108 cm³/mol. The second-order valence-corrected chi connectivity index (χ2v) is 7.90. The van der Waals surface area contributed by atoms with Gasteiger partial charge in [0.15, 0.2) is 6.10 Å². The SMILES string of the molecule is CC(Oc1ccc(C(C)(C)C)cc1)C(=O)N[C@@H](C)c1nc2ccccc2[nH]1. The number of benzene rings is 2. The van der Waals surface area contributed by atoms with Crippen LogP contribution in [-0.2, 0) is 10.2 Å². The van der Waals surface area contributed by atoms with Crippen LogP contribution in [0.2, 0.25) is 0 Å². The van der Waals surface area contributed by atoms with Crippen LogP contribution >= 0.6 is 0 Å². The molecule has 1 aromatic heterocycles. The summed E-state index contributed by atoms with van der Waals surface area (Å²) in [7, 11) is 0. The van der Waals surface area contributed by atoms with Crippen molar-refractivity contribution in [2.45, 2.75) is 52.2 Å². The van der Waals surface area contributed by atoms with Gasteiger partial charge in [-0.3, -0.25) is 4.79 Å². The number of carbonyl (C=O) groups excluding carboxylic acids is 1. The summed E-state index contributed by atoms with van der Waals surface area (Å²) >= 11 is 0. The van der Waals surface area contributed by atoms with Crippen LogP contribution in [0, 0.1) is 0 Å². The molecule has 0 aliphatic carbocycles. The van der Waals surface area contributed by atoms with E-state index in [2.05, 4.69) is 36.1 Å². The zero-order valence-corrected chi connectivity index (χ0v) is 16.5. The molecule has 1 unspecified atom stereocenters. The zero-order valence-electron chi connectivity index (χ0n) is 16.5. The van der Waals surface area contributed by atoms with Gasteiger partial charge in [0.25, 0.3) is 5.91 Å². The summed E-state index contributed by atoms with van der Waals surface area (Å²) in [5.41, 5.74) is 3.16. The topological polar surface area (TPSA) is 67.0 Å². The van der Waals surface area contributed by atoms with Crippen molar-refractivity contribution in [1.82, 2.24) is 15.3 Å². The number of rotatable bonds is 5. The van der Waals surface area contributed by atoms with Gasteiger partial charge in [-0.25, -0.2) is 4.98 Å². The summed E-state index contributed by atoms with van der Waals surface area (Å²) in [4.78, 5) is 20.3. The van der Waals surface area contributed by atoms with Crippen molar-refractivity contribution in [2.24, 2.45) is 0 Å². The number of hydrogen-bond donors (Lipinski definition) is 2. The van der Waals surface area contributed by atoms with Gasteiger partial charge in [-0.2, -0.15) is 0 Å². The number of fused-ring (bicyclic) bond motifs is 1. The highest BCUT2D eigenvalue weighted by molar-refractivity contribution is 5.81. The van der Waals surface area contributed by atoms with E-state index in [4.69, 9.17) is 4.74 Å². The van der Waals surface area contributed by atoms with Crippen LogP contribution in [-0.4, -0.2) is 22.0 Å². The number of aromatic nitrogens is 2. The average molecular weight is 365 g/mol. The first kappa shape index (κ1) is 19.0. The maximum atomic E-state index is 12.5. The lowest BCUT2D eigenvalue weighted by Gasteiger charge is -2.20. The van der Waals surface area contributed by atoms with Gasteiger partial charge in [0.2, 0.25) is 0 Å². The monoisotopic (exact) mass is 365 g/mol. The van der Waals surface area contributed by atoms with Gasteiger partial charge in [0.1, 0.15) is 11.6 Å². The van der Waals surface area contributed by atoms with E-state index in [9.17, 15) is 4.79 Å². The van der Waals surface area contributed by atoms with Gasteiger partial charge in [-0.15, -0.1) is 0 Å². The molecule has 1 heterocycles. The lowest BCUT2D eigenvalue weighted by molar-refractivity contribution is -0.128. The van der Waals surface area contributed by atoms with E-state index in [1.807, 2.05) is 55.5 Å². The molecule has 3 aromatic rings. The van der Waals surface area contributed by atoms with Gasteiger partial charge in [0, 0.05) is 0 Å². The molecule has 3 rings (SSSR count). The molecule has 2 N–H and O–H groups in total. The van der Waals surface area contributed by atoms with E-state index in [0.717, 1.165) is 16.9 Å². The minimum atomic E-state index is -0.600. The highest BCUT2D eigenvalue weighted by Crippen LogP contribution is 2.24. The minimum absolute atomic E-state index is 0.0868. The molecule has 0 saturated heterocycles. The summed E-state index contributed by atoms with van der Waals surface area (Å²) in [5.74, 6) is 1.23. The Morgan fingerprint density at radius 2 is 1.74 bits per heavy atom. The number of nitrogens with one attached hydrogen (secondary N) is 2. The molecule has 0 fully saturated rings. The third kappa shape index (κ3) is 4.48. The van der Waals surface area contributed by atoms with Crippen LogP contribution in [0.25, 0.3) is 11.0 Å². The van der Waals surface area contributed by atoms with Crippen LogP contribution in [0.5, 0.6) is 5.75 Å². The molecule has 0 spiro atoms. The fourth-order valence-corrected chi connectivity index (χ4v) is 2.87. The van der Waals surface area contributed by atoms with Gasteiger partial charge in [-0.05, 0) is 49.1 Å². The first-order chi connectivity index (χ1) is 12.7. The van der Waals surface area contributed by atoms with Crippen molar-refractivity contribution in [2.75, 3.05) is 0 Å². The molecule has 1 amide bonds. The molecule has 2 aromatic carbocycles. The second-order valence-electron chi connectivity index (χ2n) is 7.90. The molecule has 0 saturated carbocycles. The van der Waals surface area contributed by atoms with Crippen LogP contribution in [0.4, 0.5) is 0 Å². The number of para-hydroxylation sites is 2. The van der Waals surface area contributed by atoms with E-state index in [0.29, 0.717) is 5.75 Å². The Hall–Kier alpha value is -2.82. The molecular formula is C22H27N3O2. The smallest absolute Gasteiger partial charge is 0.261 e. The van der Waals surface area contributed by atoms with Crippen molar-refractivity contribution >= 4 is 16.9 Å². The Labute approximate surface area is 160 Å². The standard InChI is InChI=1S/C22H27N3O2/c1-14(20-24-18-8-6-7-9-19(18)25-20)23-21(26)15(2)27-17-12-10-16(11-13-17)22(3,4)5/h6-15H,1-5H3,(H,23,26)(H,24,25)/t14-,15?/m0/s1. The normalized spacial score (nSPS) is 14.0. The Bertz CT molecular complexity index is 890. The van der Waals surface area contributed by atoms with Gasteiger partial charge in [0.05, 0.1) is 17.1 Å². The number of amides is 1. The van der Waals surface area contributed by atoms with Gasteiger partial charge in [-0.1, -0.05) is 45.0 Å². The van der Waals surface area contributed by atoms with Crippen molar-refractivity contribution in [3.05, 3.63) is 59.9 Å². The summed E-state index contributed by atoms with van der Waals surface area (Å²) < 4.78 is 5.80. The Morgan fingerprint density at radius 3 is 2.37 bits per heavy atom. The lowest BCUT2D eigenvalue weighted by atomic mass is 9.87. The second kappa shape index (κ2) is 7.43. The molecule has 0 aliphatic heterocycles. The summed E-state index contributed by atoms with van der Waals surface area (Å²) in [6, 6.07) is 15.5. The number of aromatic amines is 1. The molecular weight excluding hydrogens is 338 g/mol. The van der Waals surface area contributed by atoms with Crippen molar-refractivity contribution in [1.29, 1.82) is 0 Å². The van der Waals surface area contributed by atoms with Crippen molar-refractivity contribution in [3.8, 4) is 5.75 Å². The Morgan fingerprint density at radius 1 is 1.07 bits per heavy atom. The fraction of sp³-hybridized carbons (Fsp3) is 0.364. The van der Waals surface area contributed by atoms with Crippen LogP contribution in [0.3, 0.4) is 0 Å². The van der Waals surface area contributed by atoms with E-state index in [1.165, 1.54) is 5.56 Å². The third-order valence-corrected chi connectivity index (χ3v) is 4.58. The van der Waals surface area contributed by atoms with E-state index in [1.54, 1.807) is 6.92 Å². The fourth-order valence-electron chi connectivity index (χ4n) is 2.87. The maximum absolute atomic E-state index is 12.5. The van der Waals surface area contributed by atoms with Crippen LogP contribution < -0.4 is 10.1 Å². The summed E-state index contributed by atoms with van der Waals surface area (Å²) in [6.45, 7) is 10.1. The Balaban J connectivity index is 1.61. The first-order valence-electron chi connectivity index (χ1n) is 9.26. The maximum Gasteiger partial charge on any atom is 0.261 e. The molecule has 0 bridgehead atoms. The quantitative estimate of drug-likeness (QED) is 0.699. The number of hydrogen-bond acceptors (Lipinski definition) is 3. The summed E-state index contributed by atoms with van der Waals surface area (Å²) in [6.07, 6.45) is -0.600. The highest BCUT2D eigenvalue weighted by Gasteiger charge is 2.20. The number of H-pyrrole nitrogens is 1. The molecule has 5 heteroatoms. The molecule has 2 atom stereocenters. The zero-order chi connectivity index (χ0) is 19.6. The van der Waals surface area contributed by atoms with E-state index in [-0.39, 0.29) is 17.4 Å². The van der Waals surface area contributed by atoms with Crippen molar-refractivity contribution < 1.29 is 9.53 Å².